The molecule has 4 aromatic rings. The molecule has 3 aromatic carbocycles. The van der Waals surface area contributed by atoms with E-state index in [1.807, 2.05) is 60.4 Å². The van der Waals surface area contributed by atoms with Crippen LogP contribution in [0.3, 0.4) is 0 Å². The Kier molecular flexibility index (Phi) is 8.31. The summed E-state index contributed by atoms with van der Waals surface area (Å²) in [5, 5.41) is 21.6. The predicted molar refractivity (Wildman–Crippen MR) is 155 cm³/mol. The van der Waals surface area contributed by atoms with Crippen molar-refractivity contribution in [1.82, 2.24) is 9.97 Å². The normalized spacial score (nSPS) is 15.6. The van der Waals surface area contributed by atoms with Crippen molar-refractivity contribution in [3.8, 4) is 16.9 Å². The van der Waals surface area contributed by atoms with Crippen LogP contribution in [0.2, 0.25) is 0 Å². The number of aromatic hydroxyl groups is 1. The molecular formula is C31H33FN6O2. The molecule has 1 unspecified atom stereocenters. The van der Waals surface area contributed by atoms with E-state index in [0.29, 0.717) is 26.3 Å². The first-order valence-corrected chi connectivity index (χ1v) is 13.4. The number of aromatic nitrogens is 2. The lowest BCUT2D eigenvalue weighted by Gasteiger charge is -2.38. The fourth-order valence-corrected chi connectivity index (χ4v) is 4.76. The lowest BCUT2D eigenvalue weighted by atomic mass is 10.0. The third-order valence-electron chi connectivity index (χ3n) is 7.02. The van der Waals surface area contributed by atoms with E-state index in [-0.39, 0.29) is 29.5 Å². The zero-order valence-corrected chi connectivity index (χ0v) is 22.9. The molecule has 0 radical (unpaired) electrons. The largest absolute Gasteiger partial charge is 0.508 e. The highest BCUT2D eigenvalue weighted by Crippen LogP contribution is 2.28. The lowest BCUT2D eigenvalue weighted by Crippen LogP contribution is -2.49. The molecule has 1 saturated heterocycles. The van der Waals surface area contributed by atoms with Gasteiger partial charge < -0.3 is 20.1 Å². The number of rotatable bonds is 8. The van der Waals surface area contributed by atoms with E-state index < -0.39 is 5.82 Å². The number of halogens is 1. The number of nitrogens with one attached hydrogen (secondary N) is 1. The summed E-state index contributed by atoms with van der Waals surface area (Å²) in [6.45, 7) is 8.18. The van der Waals surface area contributed by atoms with Crippen molar-refractivity contribution in [2.45, 2.75) is 33.4 Å². The smallest absolute Gasteiger partial charge is 0.270 e. The van der Waals surface area contributed by atoms with Gasteiger partial charge in [0.2, 0.25) is 0 Å². The van der Waals surface area contributed by atoms with Crippen LogP contribution in [0.1, 0.15) is 25.0 Å². The van der Waals surface area contributed by atoms with Crippen molar-refractivity contribution in [1.29, 1.82) is 0 Å². The molecule has 0 bridgehead atoms. The van der Waals surface area contributed by atoms with Gasteiger partial charge >= 0.3 is 0 Å². The summed E-state index contributed by atoms with van der Waals surface area (Å²) >= 11 is 0. The molecule has 206 valence electrons. The number of aryl methyl sites for hydroxylation is 1. The standard InChI is InChI=1S/C31H33FN6O2/c1-20(2)29-19-40-14-13-38(29)30-28(32)18-33-31(36-30)37-34-17-24-9-12-26(15-21(24)3)35-25-10-7-22(8-11-25)23-5-4-6-27(39)16-23/h4-12,15-16,18,20,29,35,39H,13-14,17,19H2,1-3H3. The molecule has 0 saturated carbocycles. The molecule has 5 rings (SSSR count). The highest BCUT2D eigenvalue weighted by atomic mass is 19.1. The first kappa shape index (κ1) is 27.2. The third-order valence-corrected chi connectivity index (χ3v) is 7.02. The molecule has 2 heterocycles. The van der Waals surface area contributed by atoms with Crippen molar-refractivity contribution in [3.05, 3.63) is 89.9 Å². The number of hydrogen-bond acceptors (Lipinski definition) is 8. The van der Waals surface area contributed by atoms with Crippen LogP contribution in [-0.2, 0) is 11.3 Å². The van der Waals surface area contributed by atoms with Gasteiger partial charge in [-0.25, -0.2) is 9.37 Å². The summed E-state index contributed by atoms with van der Waals surface area (Å²) < 4.78 is 20.2. The molecule has 0 spiro atoms. The molecule has 1 atom stereocenters. The topological polar surface area (TPSA) is 95.2 Å². The molecule has 2 N–H and O–H groups in total. The Balaban J connectivity index is 1.23. The predicted octanol–water partition coefficient (Wildman–Crippen LogP) is 7.19. The van der Waals surface area contributed by atoms with E-state index >= 15 is 0 Å². The average Bonchev–Trinajstić information content (AvgIpc) is 2.95. The number of hydrogen-bond donors (Lipinski definition) is 2. The molecule has 1 aliphatic heterocycles. The van der Waals surface area contributed by atoms with Crippen LogP contribution >= 0.6 is 0 Å². The Labute approximate surface area is 233 Å². The SMILES string of the molecule is Cc1cc(Nc2ccc(-c3cccc(O)c3)cc2)ccc1CN=Nc1ncc(F)c(N2CCOCC2C(C)C)n1. The van der Waals surface area contributed by atoms with E-state index in [9.17, 15) is 9.50 Å². The summed E-state index contributed by atoms with van der Waals surface area (Å²) in [7, 11) is 0. The zero-order chi connectivity index (χ0) is 28.1. The Morgan fingerprint density at radius 1 is 1.07 bits per heavy atom. The second-order valence-electron chi connectivity index (χ2n) is 10.2. The number of ether oxygens (including phenoxy) is 1. The first-order valence-electron chi connectivity index (χ1n) is 13.4. The van der Waals surface area contributed by atoms with Crippen LogP contribution in [0.4, 0.5) is 27.5 Å². The minimum Gasteiger partial charge on any atom is -0.508 e. The fraction of sp³-hybridized carbons (Fsp3) is 0.290. The number of phenolic OH excluding ortho intramolecular Hbond substituents is 1. The lowest BCUT2D eigenvalue weighted by molar-refractivity contribution is 0.0798. The molecule has 1 aromatic heterocycles. The van der Waals surface area contributed by atoms with Gasteiger partial charge in [0.25, 0.3) is 5.95 Å². The van der Waals surface area contributed by atoms with Gasteiger partial charge in [-0.3, -0.25) is 0 Å². The average molecular weight is 541 g/mol. The zero-order valence-electron chi connectivity index (χ0n) is 22.9. The maximum Gasteiger partial charge on any atom is 0.270 e. The summed E-state index contributed by atoms with van der Waals surface area (Å²) in [6.07, 6.45) is 1.16. The van der Waals surface area contributed by atoms with Gasteiger partial charge in [0.05, 0.1) is 32.0 Å². The molecule has 1 aliphatic rings. The van der Waals surface area contributed by atoms with Gasteiger partial charge in [0.15, 0.2) is 11.6 Å². The number of anilines is 3. The van der Waals surface area contributed by atoms with Crippen molar-refractivity contribution in [2.75, 3.05) is 30.0 Å². The van der Waals surface area contributed by atoms with Crippen molar-refractivity contribution in [3.63, 3.8) is 0 Å². The monoisotopic (exact) mass is 540 g/mol. The quantitative estimate of drug-likeness (QED) is 0.230. The number of benzene rings is 3. The van der Waals surface area contributed by atoms with Crippen LogP contribution in [0, 0.1) is 18.7 Å². The van der Waals surface area contributed by atoms with Crippen molar-refractivity contribution < 1.29 is 14.2 Å². The van der Waals surface area contributed by atoms with Crippen LogP contribution in [0.25, 0.3) is 11.1 Å². The van der Waals surface area contributed by atoms with Gasteiger partial charge in [0.1, 0.15) is 5.75 Å². The summed E-state index contributed by atoms with van der Waals surface area (Å²) in [5.74, 6) is 0.434. The van der Waals surface area contributed by atoms with Gasteiger partial charge in [-0.15, -0.1) is 5.11 Å². The van der Waals surface area contributed by atoms with E-state index in [0.717, 1.165) is 39.8 Å². The number of azo groups is 1. The fourth-order valence-electron chi connectivity index (χ4n) is 4.76. The van der Waals surface area contributed by atoms with Crippen LogP contribution in [0.5, 0.6) is 5.75 Å². The van der Waals surface area contributed by atoms with Crippen LogP contribution in [0.15, 0.2) is 83.2 Å². The molecular weight excluding hydrogens is 507 g/mol. The minimum atomic E-state index is -0.473. The molecule has 1 fully saturated rings. The van der Waals surface area contributed by atoms with Crippen LogP contribution in [-0.4, -0.2) is 40.9 Å². The molecule has 0 aliphatic carbocycles. The summed E-state index contributed by atoms with van der Waals surface area (Å²) in [4.78, 5) is 10.3. The molecule has 9 heteroatoms. The van der Waals surface area contributed by atoms with E-state index in [4.69, 9.17) is 4.74 Å². The Morgan fingerprint density at radius 2 is 1.88 bits per heavy atom. The van der Waals surface area contributed by atoms with E-state index in [2.05, 4.69) is 45.4 Å². The first-order chi connectivity index (χ1) is 19.4. The maximum atomic E-state index is 14.6. The highest BCUT2D eigenvalue weighted by molar-refractivity contribution is 5.69. The number of phenols is 1. The maximum absolute atomic E-state index is 14.6. The number of morpholine rings is 1. The Hall–Kier alpha value is -4.37. The Bertz CT molecular complexity index is 1490. The summed E-state index contributed by atoms with van der Waals surface area (Å²) in [6, 6.07) is 21.4. The van der Waals surface area contributed by atoms with E-state index in [1.165, 1.54) is 0 Å². The molecule has 8 nitrogen and oxygen atoms in total. The molecule has 0 amide bonds. The second-order valence-corrected chi connectivity index (χ2v) is 10.2. The molecule has 40 heavy (non-hydrogen) atoms. The van der Waals surface area contributed by atoms with Crippen molar-refractivity contribution >= 4 is 23.1 Å². The third kappa shape index (κ3) is 6.43. The second kappa shape index (κ2) is 12.2. The van der Waals surface area contributed by atoms with Gasteiger partial charge in [0, 0.05) is 17.9 Å². The number of nitrogens with zero attached hydrogens (tertiary/aromatic N) is 5. The van der Waals surface area contributed by atoms with Gasteiger partial charge in [-0.1, -0.05) is 44.2 Å². The van der Waals surface area contributed by atoms with Crippen LogP contribution < -0.4 is 10.2 Å². The minimum absolute atomic E-state index is 0.0361. The Morgan fingerprint density at radius 3 is 2.62 bits per heavy atom. The van der Waals surface area contributed by atoms with E-state index in [1.54, 1.807) is 12.1 Å². The van der Waals surface area contributed by atoms with Gasteiger partial charge in [-0.05, 0) is 71.5 Å². The highest BCUT2D eigenvalue weighted by Gasteiger charge is 2.29. The van der Waals surface area contributed by atoms with Gasteiger partial charge in [-0.2, -0.15) is 10.1 Å². The van der Waals surface area contributed by atoms with Crippen molar-refractivity contribution in [2.24, 2.45) is 16.1 Å². The summed E-state index contributed by atoms with van der Waals surface area (Å²) in [5.41, 5.74) is 5.99.